The summed E-state index contributed by atoms with van der Waals surface area (Å²) in [6.07, 6.45) is 3.77. The fraction of sp³-hybridized carbons (Fsp3) is 0.375. The van der Waals surface area contributed by atoms with Crippen LogP contribution in [0.4, 0.5) is 5.69 Å². The first-order valence-electron chi connectivity index (χ1n) is 3.71. The van der Waals surface area contributed by atoms with Gasteiger partial charge in [-0.3, -0.25) is 4.98 Å². The molecule has 0 bridgehead atoms. The van der Waals surface area contributed by atoms with Crippen LogP contribution < -0.4 is 10.1 Å². The maximum atomic E-state index is 5.53. The Labute approximate surface area is 77.6 Å². The van der Waals surface area contributed by atoms with E-state index >= 15 is 0 Å². The van der Waals surface area contributed by atoms with Crippen LogP contribution in [0.5, 0.6) is 5.75 Å². The van der Waals surface area contributed by atoms with Gasteiger partial charge in [0.25, 0.3) is 0 Å². The summed E-state index contributed by atoms with van der Waals surface area (Å²) >= 11 is 0. The van der Waals surface area contributed by atoms with Crippen molar-refractivity contribution in [3.05, 3.63) is 18.5 Å². The summed E-state index contributed by atoms with van der Waals surface area (Å²) in [4.78, 5) is 3.98. The van der Waals surface area contributed by atoms with E-state index in [1.54, 1.807) is 12.4 Å². The summed E-state index contributed by atoms with van der Waals surface area (Å²) < 4.78 is 5.53. The third-order valence-electron chi connectivity index (χ3n) is 1.69. The lowest BCUT2D eigenvalue weighted by atomic mass is 10.3. The molecule has 1 aromatic rings. The standard InChI is InChI=1S/C8H10N2O.ClH/c1-6-4-10-7-5-9-3-2-8(7)11-6;/h2-3,5-6,10H,4H2,1H3;1H. The second-order valence-corrected chi connectivity index (χ2v) is 2.68. The average molecular weight is 187 g/mol. The summed E-state index contributed by atoms with van der Waals surface area (Å²) in [7, 11) is 0. The summed E-state index contributed by atoms with van der Waals surface area (Å²) in [5.41, 5.74) is 0.991. The largest absolute Gasteiger partial charge is 0.487 e. The predicted molar refractivity (Wildman–Crippen MR) is 50.1 cm³/mol. The Balaban J connectivity index is 0.000000720. The third-order valence-corrected chi connectivity index (χ3v) is 1.69. The zero-order chi connectivity index (χ0) is 7.68. The number of rotatable bonds is 0. The summed E-state index contributed by atoms with van der Waals surface area (Å²) in [6, 6.07) is 1.87. The number of pyridine rings is 1. The molecule has 1 aromatic heterocycles. The van der Waals surface area contributed by atoms with Crippen molar-refractivity contribution < 1.29 is 4.74 Å². The number of hydrogen-bond acceptors (Lipinski definition) is 3. The van der Waals surface area contributed by atoms with Gasteiger partial charge in [-0.15, -0.1) is 12.4 Å². The molecule has 0 aliphatic carbocycles. The normalized spacial score (nSPS) is 19.6. The number of aromatic nitrogens is 1. The number of anilines is 1. The van der Waals surface area contributed by atoms with Gasteiger partial charge in [0.05, 0.1) is 18.4 Å². The van der Waals surface area contributed by atoms with Gasteiger partial charge in [0.1, 0.15) is 11.9 Å². The number of halogens is 1. The maximum absolute atomic E-state index is 5.53. The fourth-order valence-corrected chi connectivity index (χ4v) is 1.13. The molecule has 1 unspecified atom stereocenters. The number of hydrogen-bond donors (Lipinski definition) is 1. The van der Waals surface area contributed by atoms with Crippen molar-refractivity contribution in [3.63, 3.8) is 0 Å². The first-order chi connectivity index (χ1) is 5.36. The molecule has 0 saturated carbocycles. The molecule has 0 aromatic carbocycles. The highest BCUT2D eigenvalue weighted by Gasteiger charge is 2.13. The van der Waals surface area contributed by atoms with Gasteiger partial charge in [-0.1, -0.05) is 0 Å². The Morgan fingerprint density at radius 1 is 1.67 bits per heavy atom. The van der Waals surface area contributed by atoms with Crippen molar-refractivity contribution in [3.8, 4) is 5.75 Å². The van der Waals surface area contributed by atoms with Crippen LogP contribution in [-0.2, 0) is 0 Å². The molecular formula is C8H11ClN2O. The average Bonchev–Trinajstić information content (AvgIpc) is 2.04. The van der Waals surface area contributed by atoms with Crippen molar-refractivity contribution >= 4 is 18.1 Å². The molecule has 2 rings (SSSR count). The summed E-state index contributed by atoms with van der Waals surface area (Å²) in [5.74, 6) is 0.902. The quantitative estimate of drug-likeness (QED) is 0.670. The Morgan fingerprint density at radius 3 is 3.33 bits per heavy atom. The van der Waals surface area contributed by atoms with Gasteiger partial charge in [-0.05, 0) is 6.92 Å². The number of ether oxygens (including phenoxy) is 1. The first kappa shape index (κ1) is 9.13. The molecule has 1 N–H and O–H groups in total. The predicted octanol–water partition coefficient (Wildman–Crippen LogP) is 1.70. The van der Waals surface area contributed by atoms with Crippen molar-refractivity contribution in [2.45, 2.75) is 13.0 Å². The zero-order valence-electron chi connectivity index (χ0n) is 6.78. The van der Waals surface area contributed by atoms with E-state index in [4.69, 9.17) is 4.74 Å². The highest BCUT2D eigenvalue weighted by molar-refractivity contribution is 5.85. The Morgan fingerprint density at radius 2 is 2.50 bits per heavy atom. The smallest absolute Gasteiger partial charge is 0.146 e. The Kier molecular flexibility index (Phi) is 2.76. The molecule has 1 atom stereocenters. The lowest BCUT2D eigenvalue weighted by molar-refractivity contribution is 0.226. The number of nitrogens with zero attached hydrogens (tertiary/aromatic N) is 1. The molecule has 0 radical (unpaired) electrons. The van der Waals surface area contributed by atoms with Gasteiger partial charge < -0.3 is 10.1 Å². The molecule has 66 valence electrons. The lowest BCUT2D eigenvalue weighted by Gasteiger charge is -2.23. The molecule has 0 spiro atoms. The van der Waals surface area contributed by atoms with Gasteiger partial charge in [0.2, 0.25) is 0 Å². The molecule has 3 nitrogen and oxygen atoms in total. The van der Waals surface area contributed by atoms with E-state index < -0.39 is 0 Å². The van der Waals surface area contributed by atoms with Crippen LogP contribution in [0.15, 0.2) is 18.5 Å². The van der Waals surface area contributed by atoms with Crippen LogP contribution in [-0.4, -0.2) is 17.6 Å². The molecule has 0 saturated heterocycles. The van der Waals surface area contributed by atoms with E-state index in [-0.39, 0.29) is 18.5 Å². The maximum Gasteiger partial charge on any atom is 0.146 e. The van der Waals surface area contributed by atoms with Crippen LogP contribution in [0.25, 0.3) is 0 Å². The van der Waals surface area contributed by atoms with Crippen LogP contribution in [0.3, 0.4) is 0 Å². The van der Waals surface area contributed by atoms with Crippen LogP contribution in [0.2, 0.25) is 0 Å². The van der Waals surface area contributed by atoms with Gasteiger partial charge in [-0.25, -0.2) is 0 Å². The van der Waals surface area contributed by atoms with E-state index in [2.05, 4.69) is 10.3 Å². The lowest BCUT2D eigenvalue weighted by Crippen LogP contribution is -2.27. The molecular weight excluding hydrogens is 176 g/mol. The van der Waals surface area contributed by atoms with E-state index in [0.717, 1.165) is 18.0 Å². The van der Waals surface area contributed by atoms with Crippen LogP contribution in [0, 0.1) is 0 Å². The zero-order valence-corrected chi connectivity index (χ0v) is 7.60. The van der Waals surface area contributed by atoms with Crippen LogP contribution >= 0.6 is 12.4 Å². The Hall–Kier alpha value is -0.960. The molecule has 2 heterocycles. The molecule has 12 heavy (non-hydrogen) atoms. The van der Waals surface area contributed by atoms with E-state index in [1.165, 1.54) is 0 Å². The molecule has 1 aliphatic rings. The minimum atomic E-state index is 0. The number of fused-ring (bicyclic) bond motifs is 1. The van der Waals surface area contributed by atoms with Crippen molar-refractivity contribution in [1.82, 2.24) is 4.98 Å². The third kappa shape index (κ3) is 1.61. The number of nitrogens with one attached hydrogen (secondary N) is 1. The van der Waals surface area contributed by atoms with Crippen molar-refractivity contribution in [1.29, 1.82) is 0 Å². The monoisotopic (exact) mass is 186 g/mol. The summed E-state index contributed by atoms with van der Waals surface area (Å²) in [5, 5.41) is 3.22. The van der Waals surface area contributed by atoms with Gasteiger partial charge in [0, 0.05) is 12.3 Å². The van der Waals surface area contributed by atoms with Gasteiger partial charge >= 0.3 is 0 Å². The molecule has 0 fully saturated rings. The van der Waals surface area contributed by atoms with Gasteiger partial charge in [-0.2, -0.15) is 0 Å². The topological polar surface area (TPSA) is 34.2 Å². The SMILES string of the molecule is CC1CNc2cnccc2O1.Cl. The minimum Gasteiger partial charge on any atom is -0.487 e. The first-order valence-corrected chi connectivity index (χ1v) is 3.71. The summed E-state index contributed by atoms with van der Waals surface area (Å²) in [6.45, 7) is 2.90. The minimum absolute atomic E-state index is 0. The fourth-order valence-electron chi connectivity index (χ4n) is 1.13. The van der Waals surface area contributed by atoms with E-state index in [9.17, 15) is 0 Å². The second kappa shape index (κ2) is 3.63. The molecule has 4 heteroatoms. The van der Waals surface area contributed by atoms with Gasteiger partial charge in [0.15, 0.2) is 0 Å². The second-order valence-electron chi connectivity index (χ2n) is 2.68. The molecule has 1 aliphatic heterocycles. The van der Waals surface area contributed by atoms with E-state index in [0.29, 0.717) is 0 Å². The molecule has 0 amide bonds. The highest BCUT2D eigenvalue weighted by Crippen LogP contribution is 2.26. The Bertz CT molecular complexity index is 267. The highest BCUT2D eigenvalue weighted by atomic mass is 35.5. The van der Waals surface area contributed by atoms with Crippen LogP contribution in [0.1, 0.15) is 6.92 Å². The van der Waals surface area contributed by atoms with Crippen molar-refractivity contribution in [2.75, 3.05) is 11.9 Å². The van der Waals surface area contributed by atoms with E-state index in [1.807, 2.05) is 13.0 Å². The van der Waals surface area contributed by atoms with Crippen molar-refractivity contribution in [2.24, 2.45) is 0 Å².